The van der Waals surface area contributed by atoms with Gasteiger partial charge in [0.25, 0.3) is 6.43 Å². The number of hydrogen-bond donors (Lipinski definition) is 1. The summed E-state index contributed by atoms with van der Waals surface area (Å²) in [7, 11) is 1.23. The van der Waals surface area contributed by atoms with Crippen LogP contribution in [-0.2, 0) is 4.74 Å². The molecule has 2 rings (SSSR count). The fraction of sp³-hybridized carbons (Fsp3) is 0.429. The van der Waals surface area contributed by atoms with E-state index in [1.165, 1.54) is 25.3 Å². The molecule has 0 aliphatic heterocycles. The van der Waals surface area contributed by atoms with E-state index in [-0.39, 0.29) is 16.6 Å². The van der Waals surface area contributed by atoms with Gasteiger partial charge in [-0.15, -0.1) is 0 Å². The minimum Gasteiger partial charge on any atom is -0.465 e. The molecule has 1 aromatic carbocycles. The zero-order valence-corrected chi connectivity index (χ0v) is 12.6. The first-order valence-corrected chi connectivity index (χ1v) is 7.03. The minimum absolute atomic E-state index is 0.108. The minimum atomic E-state index is -2.59. The van der Waals surface area contributed by atoms with Crippen LogP contribution in [0.25, 0.3) is 0 Å². The normalized spacial score (nSPS) is 13.9. The number of rotatable bonds is 5. The molecule has 1 aliphatic rings. The van der Waals surface area contributed by atoms with Crippen LogP contribution in [0, 0.1) is 0 Å². The second-order valence-electron chi connectivity index (χ2n) is 4.89. The maximum atomic E-state index is 12.5. The molecule has 1 N–H and O–H groups in total. The van der Waals surface area contributed by atoms with Gasteiger partial charge in [0.05, 0.1) is 24.2 Å². The first kappa shape index (κ1) is 16.5. The van der Waals surface area contributed by atoms with Gasteiger partial charge in [0, 0.05) is 11.7 Å². The number of urea groups is 1. The number of amides is 2. The van der Waals surface area contributed by atoms with Gasteiger partial charge in [-0.05, 0) is 31.0 Å². The quantitative estimate of drug-likeness (QED) is 0.841. The maximum absolute atomic E-state index is 12.5. The van der Waals surface area contributed by atoms with E-state index < -0.39 is 25.0 Å². The molecule has 0 aromatic heterocycles. The number of anilines is 1. The van der Waals surface area contributed by atoms with Gasteiger partial charge in [-0.25, -0.2) is 18.4 Å². The van der Waals surface area contributed by atoms with Crippen molar-refractivity contribution in [3.63, 3.8) is 0 Å². The average Bonchev–Trinajstić information content (AvgIpc) is 3.28. The molecular formula is C14H15ClF2N2O3. The molecule has 2 amide bonds. The second-order valence-corrected chi connectivity index (χ2v) is 5.30. The Bertz CT molecular complexity index is 579. The Morgan fingerprint density at radius 3 is 2.64 bits per heavy atom. The van der Waals surface area contributed by atoms with E-state index in [4.69, 9.17) is 11.6 Å². The number of halogens is 3. The Hall–Kier alpha value is -1.89. The van der Waals surface area contributed by atoms with E-state index in [9.17, 15) is 18.4 Å². The summed E-state index contributed by atoms with van der Waals surface area (Å²) in [5.41, 5.74) is 0.483. The van der Waals surface area contributed by atoms with Crippen molar-refractivity contribution in [2.45, 2.75) is 25.3 Å². The van der Waals surface area contributed by atoms with Crippen LogP contribution in [0.5, 0.6) is 0 Å². The number of alkyl halides is 2. The molecule has 8 heteroatoms. The number of ether oxygens (including phenoxy) is 1. The van der Waals surface area contributed by atoms with Gasteiger partial charge >= 0.3 is 12.0 Å². The molecule has 1 saturated carbocycles. The smallest absolute Gasteiger partial charge is 0.339 e. The molecule has 0 bridgehead atoms. The lowest BCUT2D eigenvalue weighted by molar-refractivity contribution is 0.0601. The molecule has 0 saturated heterocycles. The number of esters is 1. The van der Waals surface area contributed by atoms with E-state index in [0.717, 1.165) is 17.7 Å². The van der Waals surface area contributed by atoms with Gasteiger partial charge in [-0.3, -0.25) is 0 Å². The number of carbonyl (C=O) groups excluding carboxylic acids is 2. The summed E-state index contributed by atoms with van der Waals surface area (Å²) in [6, 6.07) is 3.49. The summed E-state index contributed by atoms with van der Waals surface area (Å²) >= 11 is 5.94. The van der Waals surface area contributed by atoms with Crippen molar-refractivity contribution in [2.24, 2.45) is 0 Å². The van der Waals surface area contributed by atoms with Crippen LogP contribution >= 0.6 is 11.6 Å². The summed E-state index contributed by atoms with van der Waals surface area (Å²) in [5, 5.41) is 2.62. The SMILES string of the molecule is COC(=O)c1ccc(NC(=O)N(CC(F)F)C2CC2)cc1Cl. The number of benzene rings is 1. The lowest BCUT2D eigenvalue weighted by Gasteiger charge is -2.22. The molecule has 0 radical (unpaired) electrons. The van der Waals surface area contributed by atoms with Crippen LogP contribution in [0.15, 0.2) is 18.2 Å². The third-order valence-corrected chi connectivity index (χ3v) is 3.52. The number of methoxy groups -OCH3 is 1. The van der Waals surface area contributed by atoms with Crippen molar-refractivity contribution >= 4 is 29.3 Å². The predicted octanol–water partition coefficient (Wildman–Crippen LogP) is 3.39. The summed E-state index contributed by atoms with van der Waals surface area (Å²) in [4.78, 5) is 24.6. The average molecular weight is 333 g/mol. The maximum Gasteiger partial charge on any atom is 0.339 e. The highest BCUT2D eigenvalue weighted by molar-refractivity contribution is 6.33. The Morgan fingerprint density at radius 1 is 1.45 bits per heavy atom. The molecule has 22 heavy (non-hydrogen) atoms. The lowest BCUT2D eigenvalue weighted by atomic mass is 10.2. The first-order chi connectivity index (χ1) is 10.4. The molecule has 0 spiro atoms. The summed E-state index contributed by atoms with van der Waals surface area (Å²) in [6.07, 6.45) is -1.14. The molecule has 0 atom stereocenters. The van der Waals surface area contributed by atoms with E-state index in [0.29, 0.717) is 5.69 Å². The number of hydrogen-bond acceptors (Lipinski definition) is 3. The molecule has 1 aromatic rings. The van der Waals surface area contributed by atoms with Crippen LogP contribution in [0.3, 0.4) is 0 Å². The summed E-state index contributed by atoms with van der Waals surface area (Å²) in [5.74, 6) is -0.597. The standard InChI is InChI=1S/C14H15ClF2N2O3/c1-22-13(20)10-5-2-8(6-11(10)15)18-14(21)19(7-12(16)17)9-3-4-9/h2,5-6,9,12H,3-4,7H2,1H3,(H,18,21). The van der Waals surface area contributed by atoms with Crippen LogP contribution in [0.1, 0.15) is 23.2 Å². The van der Waals surface area contributed by atoms with Crippen molar-refractivity contribution in [1.29, 1.82) is 0 Å². The van der Waals surface area contributed by atoms with Gasteiger partial charge in [0.1, 0.15) is 0 Å². The van der Waals surface area contributed by atoms with Crippen molar-refractivity contribution in [1.82, 2.24) is 4.90 Å². The Kier molecular flexibility index (Phi) is 5.18. The third-order valence-electron chi connectivity index (χ3n) is 3.21. The van der Waals surface area contributed by atoms with E-state index in [1.807, 2.05) is 0 Å². The monoisotopic (exact) mass is 332 g/mol. The van der Waals surface area contributed by atoms with Gasteiger partial charge in [0.15, 0.2) is 0 Å². The fourth-order valence-electron chi connectivity index (χ4n) is 2.00. The molecule has 0 unspecified atom stereocenters. The largest absolute Gasteiger partial charge is 0.465 e. The highest BCUT2D eigenvalue weighted by atomic mass is 35.5. The van der Waals surface area contributed by atoms with E-state index in [1.54, 1.807) is 0 Å². The Morgan fingerprint density at radius 2 is 2.14 bits per heavy atom. The zero-order valence-electron chi connectivity index (χ0n) is 11.8. The molecular weight excluding hydrogens is 318 g/mol. The molecule has 0 heterocycles. The second kappa shape index (κ2) is 6.91. The fourth-order valence-corrected chi connectivity index (χ4v) is 2.25. The highest BCUT2D eigenvalue weighted by Gasteiger charge is 2.34. The number of nitrogens with one attached hydrogen (secondary N) is 1. The summed E-state index contributed by atoms with van der Waals surface area (Å²) in [6.45, 7) is -0.607. The van der Waals surface area contributed by atoms with Gasteiger partial charge < -0.3 is 15.0 Å². The lowest BCUT2D eigenvalue weighted by Crippen LogP contribution is -2.39. The van der Waals surface area contributed by atoms with Crippen LogP contribution in [-0.4, -0.2) is 43.0 Å². The number of nitrogens with zero attached hydrogens (tertiary/aromatic N) is 1. The van der Waals surface area contributed by atoms with Crippen molar-refractivity contribution in [3.8, 4) is 0 Å². The van der Waals surface area contributed by atoms with Crippen molar-refractivity contribution in [2.75, 3.05) is 19.0 Å². The van der Waals surface area contributed by atoms with Crippen molar-refractivity contribution < 1.29 is 23.1 Å². The predicted molar refractivity (Wildman–Crippen MR) is 77.5 cm³/mol. The van der Waals surface area contributed by atoms with Gasteiger partial charge in [0.2, 0.25) is 0 Å². The van der Waals surface area contributed by atoms with Gasteiger partial charge in [-0.2, -0.15) is 0 Å². The highest BCUT2D eigenvalue weighted by Crippen LogP contribution is 2.28. The molecule has 1 fully saturated rings. The van der Waals surface area contributed by atoms with E-state index in [2.05, 4.69) is 10.1 Å². The zero-order chi connectivity index (χ0) is 16.3. The van der Waals surface area contributed by atoms with E-state index >= 15 is 0 Å². The van der Waals surface area contributed by atoms with Crippen LogP contribution in [0.2, 0.25) is 5.02 Å². The van der Waals surface area contributed by atoms with Crippen LogP contribution < -0.4 is 5.32 Å². The summed E-state index contributed by atoms with van der Waals surface area (Å²) < 4.78 is 29.6. The Labute approximate surface area is 131 Å². The Balaban J connectivity index is 2.07. The topological polar surface area (TPSA) is 58.6 Å². The molecule has 120 valence electrons. The third kappa shape index (κ3) is 4.07. The molecule has 5 nitrogen and oxygen atoms in total. The number of carbonyl (C=O) groups is 2. The van der Waals surface area contributed by atoms with Crippen molar-refractivity contribution in [3.05, 3.63) is 28.8 Å². The molecule has 1 aliphatic carbocycles. The van der Waals surface area contributed by atoms with Crippen LogP contribution in [0.4, 0.5) is 19.3 Å². The van der Waals surface area contributed by atoms with Gasteiger partial charge in [-0.1, -0.05) is 11.6 Å². The first-order valence-electron chi connectivity index (χ1n) is 6.66.